The fourth-order valence-corrected chi connectivity index (χ4v) is 1.76. The molecule has 0 aliphatic carbocycles. The maximum absolute atomic E-state index is 5.38. The molecule has 0 aliphatic heterocycles. The molecule has 0 saturated heterocycles. The molecule has 1 aromatic heterocycles. The van der Waals surface area contributed by atoms with E-state index in [1.165, 1.54) is 5.56 Å². The number of hydrogen-bond donors (Lipinski definition) is 1. The van der Waals surface area contributed by atoms with E-state index in [9.17, 15) is 0 Å². The van der Waals surface area contributed by atoms with Crippen LogP contribution in [0.15, 0.2) is 30.3 Å². The summed E-state index contributed by atoms with van der Waals surface area (Å²) >= 11 is 0. The second kappa shape index (κ2) is 6.29. The van der Waals surface area contributed by atoms with Gasteiger partial charge in [0.05, 0.1) is 5.69 Å². The van der Waals surface area contributed by atoms with Gasteiger partial charge in [-0.05, 0) is 13.8 Å². The highest BCUT2D eigenvalue weighted by Crippen LogP contribution is 2.20. The summed E-state index contributed by atoms with van der Waals surface area (Å²) in [5.41, 5.74) is 3.23. The number of benzene rings is 1. The van der Waals surface area contributed by atoms with Crippen LogP contribution >= 0.6 is 0 Å². The third kappa shape index (κ3) is 3.51. The molecule has 2 aromatic rings. The Morgan fingerprint density at radius 1 is 1.16 bits per heavy atom. The van der Waals surface area contributed by atoms with Gasteiger partial charge in [-0.1, -0.05) is 29.8 Å². The summed E-state index contributed by atoms with van der Waals surface area (Å²) in [6.07, 6.45) is 0. The van der Waals surface area contributed by atoms with Crippen molar-refractivity contribution >= 4 is 5.82 Å². The van der Waals surface area contributed by atoms with E-state index in [0.717, 1.165) is 17.1 Å². The van der Waals surface area contributed by atoms with Crippen LogP contribution in [-0.2, 0) is 11.3 Å². The Kier molecular flexibility index (Phi) is 4.47. The Labute approximate surface area is 113 Å². The molecule has 100 valence electrons. The average Bonchev–Trinajstić information content (AvgIpc) is 2.45. The lowest BCUT2D eigenvalue weighted by molar-refractivity contribution is 0.128. The van der Waals surface area contributed by atoms with Crippen LogP contribution in [0.5, 0.6) is 0 Å². The van der Waals surface area contributed by atoms with Crippen molar-refractivity contribution in [1.29, 1.82) is 0 Å². The van der Waals surface area contributed by atoms with Crippen molar-refractivity contribution in [2.75, 3.05) is 19.0 Å². The molecule has 0 fully saturated rings. The smallest absolute Gasteiger partial charge is 0.157 e. The van der Waals surface area contributed by atoms with Gasteiger partial charge >= 0.3 is 0 Å². The molecular formula is C15H19N3O. The number of nitrogens with one attached hydrogen (secondary N) is 1. The lowest BCUT2D eigenvalue weighted by Gasteiger charge is -2.08. The Morgan fingerprint density at radius 3 is 2.53 bits per heavy atom. The first-order valence-electron chi connectivity index (χ1n) is 6.43. The molecule has 19 heavy (non-hydrogen) atoms. The average molecular weight is 257 g/mol. The molecule has 1 N–H and O–H groups in total. The SMILES string of the molecule is CCOCc1nc(NC)cc(-c2ccc(C)cc2)n1. The van der Waals surface area contributed by atoms with E-state index in [4.69, 9.17) is 4.74 Å². The molecule has 4 heteroatoms. The molecule has 0 spiro atoms. The summed E-state index contributed by atoms with van der Waals surface area (Å²) in [6.45, 7) is 5.13. The van der Waals surface area contributed by atoms with E-state index >= 15 is 0 Å². The molecule has 0 atom stereocenters. The van der Waals surface area contributed by atoms with Crippen LogP contribution in [0.25, 0.3) is 11.3 Å². The molecule has 0 unspecified atom stereocenters. The fourth-order valence-electron chi connectivity index (χ4n) is 1.76. The van der Waals surface area contributed by atoms with Gasteiger partial charge in [0.15, 0.2) is 5.82 Å². The van der Waals surface area contributed by atoms with Crippen LogP contribution < -0.4 is 5.32 Å². The second-order valence-corrected chi connectivity index (χ2v) is 4.31. The standard InChI is InChI=1S/C15H19N3O/c1-4-19-10-15-17-13(9-14(16-3)18-15)12-7-5-11(2)6-8-12/h5-9H,4,10H2,1-3H3,(H,16,17,18). The van der Waals surface area contributed by atoms with Gasteiger partial charge in [0.1, 0.15) is 12.4 Å². The van der Waals surface area contributed by atoms with Crippen molar-refractivity contribution in [3.63, 3.8) is 0 Å². The molecule has 0 saturated carbocycles. The Bertz CT molecular complexity index is 538. The monoisotopic (exact) mass is 257 g/mol. The molecule has 1 heterocycles. The van der Waals surface area contributed by atoms with E-state index in [1.54, 1.807) is 0 Å². The van der Waals surface area contributed by atoms with Gasteiger partial charge in [-0.3, -0.25) is 0 Å². The molecule has 0 radical (unpaired) electrons. The van der Waals surface area contributed by atoms with E-state index in [1.807, 2.05) is 20.0 Å². The quantitative estimate of drug-likeness (QED) is 0.894. The highest BCUT2D eigenvalue weighted by Gasteiger charge is 2.06. The molecule has 1 aromatic carbocycles. The van der Waals surface area contributed by atoms with Crippen molar-refractivity contribution in [2.45, 2.75) is 20.5 Å². The minimum absolute atomic E-state index is 0.435. The zero-order valence-corrected chi connectivity index (χ0v) is 11.6. The van der Waals surface area contributed by atoms with E-state index in [-0.39, 0.29) is 0 Å². The molecule has 0 amide bonds. The number of ether oxygens (including phenoxy) is 1. The highest BCUT2D eigenvalue weighted by atomic mass is 16.5. The summed E-state index contributed by atoms with van der Waals surface area (Å²) in [5, 5.41) is 3.06. The van der Waals surface area contributed by atoms with Crippen LogP contribution in [0.1, 0.15) is 18.3 Å². The van der Waals surface area contributed by atoms with E-state index in [0.29, 0.717) is 19.0 Å². The first-order valence-corrected chi connectivity index (χ1v) is 6.43. The summed E-state index contributed by atoms with van der Waals surface area (Å²) in [4.78, 5) is 8.93. The predicted octanol–water partition coefficient (Wildman–Crippen LogP) is 3.03. The first kappa shape index (κ1) is 13.5. The third-order valence-electron chi connectivity index (χ3n) is 2.81. The Hall–Kier alpha value is -1.94. The Balaban J connectivity index is 2.35. The van der Waals surface area contributed by atoms with Crippen molar-refractivity contribution in [2.24, 2.45) is 0 Å². The minimum Gasteiger partial charge on any atom is -0.374 e. The van der Waals surface area contributed by atoms with E-state index < -0.39 is 0 Å². The van der Waals surface area contributed by atoms with E-state index in [2.05, 4.69) is 46.5 Å². The topological polar surface area (TPSA) is 47.0 Å². The summed E-state index contributed by atoms with van der Waals surface area (Å²) in [5.74, 6) is 1.50. The minimum atomic E-state index is 0.435. The van der Waals surface area contributed by atoms with Crippen LogP contribution in [0, 0.1) is 6.92 Å². The third-order valence-corrected chi connectivity index (χ3v) is 2.81. The summed E-state index contributed by atoms with van der Waals surface area (Å²) < 4.78 is 5.38. The summed E-state index contributed by atoms with van der Waals surface area (Å²) in [6, 6.07) is 10.3. The number of aryl methyl sites for hydroxylation is 1. The number of hydrogen-bond acceptors (Lipinski definition) is 4. The number of nitrogens with zero attached hydrogens (tertiary/aromatic N) is 2. The van der Waals surface area contributed by atoms with Crippen molar-refractivity contribution in [3.05, 3.63) is 41.7 Å². The van der Waals surface area contributed by atoms with Crippen molar-refractivity contribution in [3.8, 4) is 11.3 Å². The molecule has 2 rings (SSSR count). The number of anilines is 1. The van der Waals surface area contributed by atoms with Crippen LogP contribution in [-0.4, -0.2) is 23.6 Å². The first-order chi connectivity index (χ1) is 9.22. The van der Waals surface area contributed by atoms with Crippen molar-refractivity contribution < 1.29 is 4.74 Å². The van der Waals surface area contributed by atoms with Gasteiger partial charge in [0.25, 0.3) is 0 Å². The predicted molar refractivity (Wildman–Crippen MR) is 77.1 cm³/mol. The highest BCUT2D eigenvalue weighted by molar-refractivity contribution is 5.62. The lowest BCUT2D eigenvalue weighted by Crippen LogP contribution is -2.03. The lowest BCUT2D eigenvalue weighted by atomic mass is 10.1. The van der Waals surface area contributed by atoms with Crippen LogP contribution in [0.4, 0.5) is 5.82 Å². The molecule has 0 bridgehead atoms. The zero-order chi connectivity index (χ0) is 13.7. The normalized spacial score (nSPS) is 10.5. The maximum atomic E-state index is 5.38. The number of aromatic nitrogens is 2. The van der Waals surface area contributed by atoms with Crippen LogP contribution in [0.2, 0.25) is 0 Å². The van der Waals surface area contributed by atoms with Gasteiger partial charge in [0, 0.05) is 25.3 Å². The molecular weight excluding hydrogens is 238 g/mol. The van der Waals surface area contributed by atoms with Crippen molar-refractivity contribution in [1.82, 2.24) is 9.97 Å². The Morgan fingerprint density at radius 2 is 1.89 bits per heavy atom. The largest absolute Gasteiger partial charge is 0.374 e. The molecule has 0 aliphatic rings. The van der Waals surface area contributed by atoms with Gasteiger partial charge < -0.3 is 10.1 Å². The number of rotatable bonds is 5. The van der Waals surface area contributed by atoms with Gasteiger partial charge in [-0.2, -0.15) is 0 Å². The summed E-state index contributed by atoms with van der Waals surface area (Å²) in [7, 11) is 1.85. The van der Waals surface area contributed by atoms with Gasteiger partial charge in [0.2, 0.25) is 0 Å². The fraction of sp³-hybridized carbons (Fsp3) is 0.333. The van der Waals surface area contributed by atoms with Crippen LogP contribution in [0.3, 0.4) is 0 Å². The maximum Gasteiger partial charge on any atom is 0.157 e. The molecule has 4 nitrogen and oxygen atoms in total. The van der Waals surface area contributed by atoms with Gasteiger partial charge in [-0.15, -0.1) is 0 Å². The zero-order valence-electron chi connectivity index (χ0n) is 11.6. The second-order valence-electron chi connectivity index (χ2n) is 4.31. The van der Waals surface area contributed by atoms with Gasteiger partial charge in [-0.25, -0.2) is 9.97 Å².